The Bertz CT molecular complexity index is 757. The predicted octanol–water partition coefficient (Wildman–Crippen LogP) is 1.33. The molecular weight excluding hydrogens is 431 g/mol. The van der Waals surface area contributed by atoms with Gasteiger partial charge in [0, 0.05) is 0 Å². The van der Waals surface area contributed by atoms with Crippen LogP contribution < -0.4 is 32.9 Å². The molecule has 28 heavy (non-hydrogen) atoms. The number of benzene rings is 3. The molecule has 0 aliphatic rings. The van der Waals surface area contributed by atoms with Crippen LogP contribution in [0.2, 0.25) is 0 Å². The molecule has 3 rings (SSSR count). The number of esters is 1. The Hall–Kier alpha value is -1.96. The van der Waals surface area contributed by atoms with Crippen LogP contribution in [0.4, 0.5) is 0 Å². The van der Waals surface area contributed by atoms with Gasteiger partial charge in [-0.2, -0.15) is 0 Å². The van der Waals surface area contributed by atoms with Crippen molar-refractivity contribution < 1.29 is 26.5 Å². The lowest BCUT2D eigenvalue weighted by Crippen LogP contribution is -3.00. The second-order valence-corrected chi connectivity index (χ2v) is 10.5. The lowest BCUT2D eigenvalue weighted by atomic mass is 10.3. The van der Waals surface area contributed by atoms with Crippen molar-refractivity contribution in [1.29, 1.82) is 0 Å². The lowest BCUT2D eigenvalue weighted by Gasteiger charge is -2.32. The van der Waals surface area contributed by atoms with Gasteiger partial charge in [-0.3, -0.25) is 4.79 Å². The Morgan fingerprint density at radius 2 is 1.14 bits per heavy atom. The summed E-state index contributed by atoms with van der Waals surface area (Å²) in [5.41, 5.74) is 0.128. The lowest BCUT2D eigenvalue weighted by molar-refractivity contribution is -0.143. The molecule has 3 aromatic carbocycles. The molecule has 0 aliphatic heterocycles. The van der Waals surface area contributed by atoms with Crippen molar-refractivity contribution in [3.8, 4) is 0 Å². The highest BCUT2D eigenvalue weighted by Gasteiger charge is 2.50. The first-order valence-corrected chi connectivity index (χ1v) is 11.3. The fourth-order valence-electron chi connectivity index (χ4n) is 3.80. The molecule has 0 radical (unpaired) electrons. The van der Waals surface area contributed by atoms with Gasteiger partial charge in [-0.25, -0.2) is 0 Å². The molecule has 0 N–H and O–H groups in total. The van der Waals surface area contributed by atoms with E-state index >= 15 is 0 Å². The van der Waals surface area contributed by atoms with Crippen molar-refractivity contribution >= 4 is 29.1 Å². The van der Waals surface area contributed by atoms with Crippen LogP contribution in [0.5, 0.6) is 0 Å². The third-order valence-corrected chi connectivity index (χ3v) is 9.76. The maximum atomic E-state index is 12.4. The minimum atomic E-state index is -2.02. The predicted molar refractivity (Wildman–Crippen MR) is 116 cm³/mol. The molecular formula is C24H26BrO2P. The minimum Gasteiger partial charge on any atom is -1.00 e. The van der Waals surface area contributed by atoms with Crippen LogP contribution in [0.1, 0.15) is 20.3 Å². The molecule has 0 bridgehead atoms. The topological polar surface area (TPSA) is 26.3 Å². The maximum absolute atomic E-state index is 12.4. The van der Waals surface area contributed by atoms with E-state index in [2.05, 4.69) is 79.7 Å². The first-order valence-electron chi connectivity index (χ1n) is 9.40. The fourth-order valence-corrected chi connectivity index (χ4v) is 8.57. The molecule has 0 aromatic heterocycles. The van der Waals surface area contributed by atoms with E-state index in [9.17, 15) is 4.79 Å². The van der Waals surface area contributed by atoms with Crippen molar-refractivity contribution in [1.82, 2.24) is 0 Å². The van der Waals surface area contributed by atoms with E-state index in [0.717, 1.165) is 0 Å². The van der Waals surface area contributed by atoms with Crippen LogP contribution in [0.3, 0.4) is 0 Å². The molecule has 4 heteroatoms. The van der Waals surface area contributed by atoms with Gasteiger partial charge in [-0.15, -0.1) is 0 Å². The number of halogens is 1. The van der Waals surface area contributed by atoms with Crippen LogP contribution in [0, 0.1) is 0 Å². The SMILES string of the molecule is CCOC(=O)CC(C)[P+](c1ccccc1)(c1ccccc1)c1ccccc1.[Br-]. The smallest absolute Gasteiger partial charge is 0.309 e. The molecule has 146 valence electrons. The Kier molecular flexibility index (Phi) is 8.41. The molecule has 3 aromatic rings. The summed E-state index contributed by atoms with van der Waals surface area (Å²) in [5.74, 6) is -0.128. The van der Waals surface area contributed by atoms with Gasteiger partial charge in [0.2, 0.25) is 0 Å². The highest BCUT2D eigenvalue weighted by molar-refractivity contribution is 7.96. The molecule has 2 nitrogen and oxygen atoms in total. The van der Waals surface area contributed by atoms with E-state index in [1.165, 1.54) is 15.9 Å². The summed E-state index contributed by atoms with van der Waals surface area (Å²) in [4.78, 5) is 12.4. The van der Waals surface area contributed by atoms with Crippen molar-refractivity contribution in [2.75, 3.05) is 6.61 Å². The van der Waals surface area contributed by atoms with Crippen LogP contribution in [0.15, 0.2) is 91.0 Å². The van der Waals surface area contributed by atoms with E-state index in [1.807, 2.05) is 25.1 Å². The van der Waals surface area contributed by atoms with Crippen molar-refractivity contribution in [3.63, 3.8) is 0 Å². The Balaban J connectivity index is 0.00000280. The zero-order valence-corrected chi connectivity index (χ0v) is 18.8. The van der Waals surface area contributed by atoms with Crippen LogP contribution in [-0.4, -0.2) is 18.2 Å². The molecule has 0 fully saturated rings. The molecule has 1 atom stereocenters. The van der Waals surface area contributed by atoms with Gasteiger partial charge in [0.1, 0.15) is 23.2 Å². The summed E-state index contributed by atoms with van der Waals surface area (Å²) in [6.07, 6.45) is 0.403. The van der Waals surface area contributed by atoms with Crippen LogP contribution in [-0.2, 0) is 9.53 Å². The van der Waals surface area contributed by atoms with Crippen LogP contribution >= 0.6 is 7.26 Å². The summed E-state index contributed by atoms with van der Waals surface area (Å²) in [5, 5.41) is 3.87. The summed E-state index contributed by atoms with van der Waals surface area (Å²) in [6.45, 7) is 4.47. The van der Waals surface area contributed by atoms with Gasteiger partial charge in [-0.1, -0.05) is 54.6 Å². The normalized spacial score (nSPS) is 11.9. The highest BCUT2D eigenvalue weighted by atomic mass is 79.9. The van der Waals surface area contributed by atoms with Gasteiger partial charge in [0.25, 0.3) is 0 Å². The number of carbonyl (C=O) groups excluding carboxylic acids is 1. The first-order chi connectivity index (χ1) is 13.2. The van der Waals surface area contributed by atoms with E-state index in [1.54, 1.807) is 0 Å². The molecule has 0 saturated carbocycles. The van der Waals surface area contributed by atoms with E-state index in [4.69, 9.17) is 4.74 Å². The van der Waals surface area contributed by atoms with Gasteiger partial charge >= 0.3 is 5.97 Å². The molecule has 1 unspecified atom stereocenters. The third-order valence-electron chi connectivity index (χ3n) is 4.92. The number of ether oxygens (including phenoxy) is 1. The molecule has 0 amide bonds. The zero-order valence-electron chi connectivity index (χ0n) is 16.3. The average molecular weight is 457 g/mol. The monoisotopic (exact) mass is 456 g/mol. The molecule has 0 spiro atoms. The maximum Gasteiger partial charge on any atom is 0.309 e. The highest BCUT2D eigenvalue weighted by Crippen LogP contribution is 2.60. The second kappa shape index (κ2) is 10.5. The quantitative estimate of drug-likeness (QED) is 0.396. The van der Waals surface area contributed by atoms with Gasteiger partial charge < -0.3 is 21.7 Å². The summed E-state index contributed by atoms with van der Waals surface area (Å²) >= 11 is 0. The van der Waals surface area contributed by atoms with E-state index < -0.39 is 7.26 Å². The molecule has 0 heterocycles. The van der Waals surface area contributed by atoms with Crippen molar-refractivity contribution in [3.05, 3.63) is 91.0 Å². The fraction of sp³-hybridized carbons (Fsp3) is 0.208. The number of hydrogen-bond donors (Lipinski definition) is 0. The third kappa shape index (κ3) is 4.54. The summed E-state index contributed by atoms with van der Waals surface area (Å²) in [6, 6.07) is 31.9. The van der Waals surface area contributed by atoms with Crippen molar-refractivity contribution in [2.24, 2.45) is 0 Å². The zero-order chi connectivity index (χ0) is 19.1. The van der Waals surface area contributed by atoms with E-state index in [0.29, 0.717) is 13.0 Å². The average Bonchev–Trinajstić information content (AvgIpc) is 2.71. The Morgan fingerprint density at radius 3 is 1.46 bits per heavy atom. The van der Waals surface area contributed by atoms with Crippen molar-refractivity contribution in [2.45, 2.75) is 25.9 Å². The summed E-state index contributed by atoms with van der Waals surface area (Å²) < 4.78 is 5.29. The molecule has 0 saturated heterocycles. The Morgan fingerprint density at radius 1 is 0.786 bits per heavy atom. The largest absolute Gasteiger partial charge is 1.00 e. The number of rotatable bonds is 7. The van der Waals surface area contributed by atoms with E-state index in [-0.39, 0.29) is 28.6 Å². The number of hydrogen-bond acceptors (Lipinski definition) is 2. The van der Waals surface area contributed by atoms with Gasteiger partial charge in [-0.05, 0) is 50.2 Å². The van der Waals surface area contributed by atoms with Crippen LogP contribution in [0.25, 0.3) is 0 Å². The first kappa shape index (κ1) is 22.3. The minimum absolute atomic E-state index is 0. The Labute approximate surface area is 179 Å². The molecule has 0 aliphatic carbocycles. The standard InChI is InChI=1S/C24H26O2P.BrH/c1-3-26-24(25)19-20(2)27(21-13-7-4-8-14-21,22-15-9-5-10-16-22)23-17-11-6-12-18-23;/h4-18,20H,3,19H2,1-2H3;1H/q+1;/p-1. The van der Waals surface area contributed by atoms with Gasteiger partial charge in [0.05, 0.1) is 18.7 Å². The second-order valence-electron chi connectivity index (χ2n) is 6.59. The number of carbonyl (C=O) groups is 1. The summed E-state index contributed by atoms with van der Waals surface area (Å²) in [7, 11) is -2.02. The van der Waals surface area contributed by atoms with Gasteiger partial charge in [0.15, 0.2) is 0 Å².